The van der Waals surface area contributed by atoms with Crippen molar-refractivity contribution in [2.75, 3.05) is 19.6 Å². The van der Waals surface area contributed by atoms with Gasteiger partial charge in [-0.3, -0.25) is 14.4 Å². The lowest BCUT2D eigenvalue weighted by Gasteiger charge is -2.29. The standard InChI is InChI=1S/C16H28N4O3/c17-9-12-4-6-13(7-5-12)19-15(22)10-20-8-2-1-3-14(16(20)23)18-11-21/h11-14H,1-10,17H2,(H,18,21)(H,19,22). The van der Waals surface area contributed by atoms with Crippen LogP contribution in [0.3, 0.4) is 0 Å². The van der Waals surface area contributed by atoms with Crippen LogP contribution in [0.25, 0.3) is 0 Å². The number of carbonyl (C=O) groups excluding carboxylic acids is 3. The van der Waals surface area contributed by atoms with Gasteiger partial charge in [-0.25, -0.2) is 0 Å². The molecule has 130 valence electrons. The molecule has 2 fully saturated rings. The zero-order valence-electron chi connectivity index (χ0n) is 13.6. The Hall–Kier alpha value is -1.63. The maximum Gasteiger partial charge on any atom is 0.245 e. The van der Waals surface area contributed by atoms with Gasteiger partial charge in [0.05, 0.1) is 6.54 Å². The molecule has 0 spiro atoms. The van der Waals surface area contributed by atoms with E-state index in [1.807, 2.05) is 0 Å². The maximum absolute atomic E-state index is 12.4. The van der Waals surface area contributed by atoms with E-state index in [9.17, 15) is 14.4 Å². The number of nitrogens with zero attached hydrogens (tertiary/aromatic N) is 1. The van der Waals surface area contributed by atoms with Gasteiger partial charge in [0.25, 0.3) is 0 Å². The first kappa shape index (κ1) is 17.7. The normalized spacial score (nSPS) is 28.8. The van der Waals surface area contributed by atoms with Crippen molar-refractivity contribution in [2.45, 2.75) is 57.0 Å². The summed E-state index contributed by atoms with van der Waals surface area (Å²) in [5, 5.41) is 5.59. The van der Waals surface area contributed by atoms with Crippen LogP contribution in [0.15, 0.2) is 0 Å². The van der Waals surface area contributed by atoms with Gasteiger partial charge in [-0.1, -0.05) is 0 Å². The van der Waals surface area contributed by atoms with Crippen LogP contribution in [0, 0.1) is 5.92 Å². The van der Waals surface area contributed by atoms with Crippen molar-refractivity contribution in [3.8, 4) is 0 Å². The molecule has 0 bridgehead atoms. The van der Waals surface area contributed by atoms with E-state index in [0.717, 1.165) is 38.5 Å². The highest BCUT2D eigenvalue weighted by Gasteiger charge is 2.28. The van der Waals surface area contributed by atoms with Crippen LogP contribution in [0.5, 0.6) is 0 Å². The van der Waals surface area contributed by atoms with Crippen LogP contribution in [0.2, 0.25) is 0 Å². The summed E-state index contributed by atoms with van der Waals surface area (Å²) in [5.74, 6) is 0.309. The van der Waals surface area contributed by atoms with Crippen molar-refractivity contribution in [1.82, 2.24) is 15.5 Å². The SMILES string of the molecule is NCC1CCC(NC(=O)CN2CCCCC(NC=O)C2=O)CC1. The summed E-state index contributed by atoms with van der Waals surface area (Å²) in [4.78, 5) is 36.8. The number of hydrogen-bond donors (Lipinski definition) is 3. The molecule has 0 aromatic rings. The average molecular weight is 324 g/mol. The molecule has 7 nitrogen and oxygen atoms in total. The summed E-state index contributed by atoms with van der Waals surface area (Å²) >= 11 is 0. The summed E-state index contributed by atoms with van der Waals surface area (Å²) in [6.07, 6.45) is 6.94. The second kappa shape index (κ2) is 8.86. The van der Waals surface area contributed by atoms with Gasteiger partial charge in [-0.15, -0.1) is 0 Å². The molecule has 0 radical (unpaired) electrons. The van der Waals surface area contributed by atoms with Gasteiger partial charge in [0, 0.05) is 12.6 Å². The van der Waals surface area contributed by atoms with E-state index in [1.54, 1.807) is 4.90 Å². The predicted octanol–water partition coefficient (Wildman–Crippen LogP) is -0.253. The Morgan fingerprint density at radius 3 is 2.61 bits per heavy atom. The molecule has 23 heavy (non-hydrogen) atoms. The van der Waals surface area contributed by atoms with Gasteiger partial charge in [0.1, 0.15) is 6.04 Å². The van der Waals surface area contributed by atoms with Gasteiger partial charge in [-0.05, 0) is 57.4 Å². The van der Waals surface area contributed by atoms with Gasteiger partial charge >= 0.3 is 0 Å². The van der Waals surface area contributed by atoms with Gasteiger partial charge in [0.2, 0.25) is 18.2 Å². The first-order valence-electron chi connectivity index (χ1n) is 8.62. The molecule has 1 aliphatic heterocycles. The molecule has 3 amide bonds. The Morgan fingerprint density at radius 1 is 1.22 bits per heavy atom. The molecular weight excluding hydrogens is 296 g/mol. The van der Waals surface area contributed by atoms with Crippen molar-refractivity contribution in [1.29, 1.82) is 0 Å². The summed E-state index contributed by atoms with van der Waals surface area (Å²) in [7, 11) is 0. The van der Waals surface area contributed by atoms with Crippen LogP contribution in [0.4, 0.5) is 0 Å². The second-order valence-electron chi connectivity index (χ2n) is 6.61. The molecule has 0 aromatic heterocycles. The first-order chi connectivity index (χ1) is 11.1. The number of nitrogens with one attached hydrogen (secondary N) is 2. The second-order valence-corrected chi connectivity index (χ2v) is 6.61. The van der Waals surface area contributed by atoms with Crippen molar-refractivity contribution in [3.63, 3.8) is 0 Å². The Labute approximate surface area is 137 Å². The summed E-state index contributed by atoms with van der Waals surface area (Å²) in [6, 6.07) is -0.306. The van der Waals surface area contributed by atoms with Crippen molar-refractivity contribution in [2.24, 2.45) is 11.7 Å². The van der Waals surface area contributed by atoms with Crippen LogP contribution < -0.4 is 16.4 Å². The topological polar surface area (TPSA) is 105 Å². The van der Waals surface area contributed by atoms with E-state index >= 15 is 0 Å². The molecule has 1 atom stereocenters. The van der Waals surface area contributed by atoms with Gasteiger partial charge in [0.15, 0.2) is 0 Å². The van der Waals surface area contributed by atoms with Crippen molar-refractivity contribution >= 4 is 18.2 Å². The summed E-state index contributed by atoms with van der Waals surface area (Å²) < 4.78 is 0. The quantitative estimate of drug-likeness (QED) is 0.586. The lowest BCUT2D eigenvalue weighted by molar-refractivity contribution is -0.138. The van der Waals surface area contributed by atoms with Crippen LogP contribution in [-0.2, 0) is 14.4 Å². The highest BCUT2D eigenvalue weighted by atomic mass is 16.2. The molecule has 1 saturated carbocycles. The number of hydrogen-bond acceptors (Lipinski definition) is 4. The highest BCUT2D eigenvalue weighted by Crippen LogP contribution is 2.23. The lowest BCUT2D eigenvalue weighted by Crippen LogP contribution is -2.50. The van der Waals surface area contributed by atoms with Crippen LogP contribution >= 0.6 is 0 Å². The minimum absolute atomic E-state index is 0.0761. The van der Waals surface area contributed by atoms with E-state index in [2.05, 4.69) is 10.6 Å². The van der Waals surface area contributed by atoms with Crippen LogP contribution in [0.1, 0.15) is 44.9 Å². The van der Waals surface area contributed by atoms with Crippen molar-refractivity contribution < 1.29 is 14.4 Å². The molecule has 1 unspecified atom stereocenters. The predicted molar refractivity (Wildman–Crippen MR) is 86.4 cm³/mol. The first-order valence-corrected chi connectivity index (χ1v) is 8.62. The number of rotatable bonds is 6. The Balaban J connectivity index is 1.81. The third-order valence-electron chi connectivity index (χ3n) is 4.93. The fourth-order valence-electron chi connectivity index (χ4n) is 3.49. The minimum Gasteiger partial charge on any atom is -0.352 e. The molecule has 4 N–H and O–H groups in total. The average Bonchev–Trinajstić information content (AvgIpc) is 2.72. The zero-order chi connectivity index (χ0) is 16.7. The summed E-state index contributed by atoms with van der Waals surface area (Å²) in [6.45, 7) is 1.37. The smallest absolute Gasteiger partial charge is 0.245 e. The monoisotopic (exact) mass is 324 g/mol. The molecule has 0 aromatic carbocycles. The van der Waals surface area contributed by atoms with E-state index in [4.69, 9.17) is 5.73 Å². The maximum atomic E-state index is 12.4. The van der Waals surface area contributed by atoms with E-state index in [0.29, 0.717) is 31.8 Å². The number of carbonyl (C=O) groups is 3. The third-order valence-corrected chi connectivity index (χ3v) is 4.93. The molecule has 2 rings (SSSR count). The highest BCUT2D eigenvalue weighted by molar-refractivity contribution is 5.88. The Bertz CT molecular complexity index is 422. The fraction of sp³-hybridized carbons (Fsp3) is 0.812. The van der Waals surface area contributed by atoms with Gasteiger partial charge in [-0.2, -0.15) is 0 Å². The van der Waals surface area contributed by atoms with Crippen LogP contribution in [-0.4, -0.2) is 54.8 Å². The zero-order valence-corrected chi connectivity index (χ0v) is 13.6. The van der Waals surface area contributed by atoms with Crippen molar-refractivity contribution in [3.05, 3.63) is 0 Å². The number of amides is 3. The molecular formula is C16H28N4O3. The van der Waals surface area contributed by atoms with E-state index in [-0.39, 0.29) is 24.4 Å². The Morgan fingerprint density at radius 2 is 1.96 bits per heavy atom. The molecule has 1 saturated heterocycles. The number of nitrogens with two attached hydrogens (primary N) is 1. The number of likely N-dealkylation sites (tertiary alicyclic amines) is 1. The Kier molecular flexibility index (Phi) is 6.83. The van der Waals surface area contributed by atoms with E-state index < -0.39 is 6.04 Å². The molecule has 1 aliphatic carbocycles. The lowest BCUT2D eigenvalue weighted by atomic mass is 9.86. The fourth-order valence-corrected chi connectivity index (χ4v) is 3.49. The minimum atomic E-state index is -0.497. The molecule has 1 heterocycles. The third kappa shape index (κ3) is 5.20. The largest absolute Gasteiger partial charge is 0.352 e. The van der Waals surface area contributed by atoms with Gasteiger partial charge < -0.3 is 21.3 Å². The summed E-state index contributed by atoms with van der Waals surface area (Å²) in [5.41, 5.74) is 5.68. The molecule has 2 aliphatic rings. The molecule has 7 heteroatoms. The van der Waals surface area contributed by atoms with E-state index in [1.165, 1.54) is 0 Å².